The molecule has 4 N–H and O–H groups in total. The smallest absolute Gasteiger partial charge is 0.258 e. The molecule has 1 amide bonds. The van der Waals surface area contributed by atoms with Crippen LogP contribution in [0.5, 0.6) is 0 Å². The van der Waals surface area contributed by atoms with E-state index in [-0.39, 0.29) is 12.1 Å². The predicted molar refractivity (Wildman–Crippen MR) is 119 cm³/mol. The Balaban J connectivity index is 2.41. The predicted octanol–water partition coefficient (Wildman–Crippen LogP) is 3.59. The van der Waals surface area contributed by atoms with E-state index in [0.717, 1.165) is 33.3 Å². The van der Waals surface area contributed by atoms with Crippen LogP contribution in [0, 0.1) is 12.8 Å². The number of fused-ring (bicyclic) bond motifs is 1. The summed E-state index contributed by atoms with van der Waals surface area (Å²) in [4.78, 5) is 24.4. The fraction of sp³-hybridized carbons (Fsp3) is 0.250. The number of carbonyl (C=O) groups is 1. The second kappa shape index (κ2) is 8.45. The first-order chi connectivity index (χ1) is 13.8. The molecular weight excluding hydrogens is 362 g/mol. The Labute approximate surface area is 170 Å². The van der Waals surface area contributed by atoms with Crippen LogP contribution in [0.3, 0.4) is 0 Å². The van der Waals surface area contributed by atoms with Crippen molar-refractivity contribution in [1.29, 1.82) is 0 Å². The molecule has 0 bridgehead atoms. The van der Waals surface area contributed by atoms with Gasteiger partial charge in [0.05, 0.1) is 0 Å². The highest BCUT2D eigenvalue weighted by Crippen LogP contribution is 2.32. The number of nitrogens with zero attached hydrogens (tertiary/aromatic N) is 1. The van der Waals surface area contributed by atoms with Crippen LogP contribution in [0.4, 0.5) is 0 Å². The number of amides is 1. The van der Waals surface area contributed by atoms with Crippen molar-refractivity contribution in [2.75, 3.05) is 0 Å². The number of benzene rings is 2. The SMILES string of the molecule is Cc1ccc(-c2c(CN)n(CC(C)C)c(=O)c3ccc(C=CC(N)=O)cc23)cc1. The number of hydrogen-bond acceptors (Lipinski definition) is 3. The van der Waals surface area contributed by atoms with Gasteiger partial charge in [-0.05, 0) is 47.6 Å². The summed E-state index contributed by atoms with van der Waals surface area (Å²) >= 11 is 0. The highest BCUT2D eigenvalue weighted by molar-refractivity contribution is 5.99. The third-order valence-electron chi connectivity index (χ3n) is 4.92. The van der Waals surface area contributed by atoms with Crippen molar-refractivity contribution in [2.45, 2.75) is 33.9 Å². The first-order valence-corrected chi connectivity index (χ1v) is 9.76. The standard InChI is InChI=1S/C24H27N3O2/c1-15(2)14-27-21(13-25)23(18-8-4-16(3)5-9-18)20-12-17(7-11-22(26)28)6-10-19(20)24(27)29/h4-12,15H,13-14,25H2,1-3H3,(H2,26,28). The quantitative estimate of drug-likeness (QED) is 0.631. The topological polar surface area (TPSA) is 91.1 Å². The van der Waals surface area contributed by atoms with E-state index >= 15 is 0 Å². The molecule has 0 aliphatic carbocycles. The Morgan fingerprint density at radius 1 is 1.10 bits per heavy atom. The third kappa shape index (κ3) is 4.30. The Bertz CT molecular complexity index is 1140. The summed E-state index contributed by atoms with van der Waals surface area (Å²) in [5, 5.41) is 1.46. The molecule has 0 saturated heterocycles. The molecule has 1 heterocycles. The van der Waals surface area contributed by atoms with Gasteiger partial charge in [-0.2, -0.15) is 0 Å². The van der Waals surface area contributed by atoms with Gasteiger partial charge in [0.2, 0.25) is 5.91 Å². The van der Waals surface area contributed by atoms with Gasteiger partial charge < -0.3 is 16.0 Å². The fourth-order valence-corrected chi connectivity index (χ4v) is 3.61. The second-order valence-corrected chi connectivity index (χ2v) is 7.74. The van der Waals surface area contributed by atoms with Gasteiger partial charge in [0.25, 0.3) is 5.56 Å². The summed E-state index contributed by atoms with van der Waals surface area (Å²) in [5.41, 5.74) is 16.1. The van der Waals surface area contributed by atoms with Crippen LogP contribution >= 0.6 is 0 Å². The minimum Gasteiger partial charge on any atom is -0.366 e. The number of pyridine rings is 1. The summed E-state index contributed by atoms with van der Waals surface area (Å²) in [5.74, 6) is -0.210. The van der Waals surface area contributed by atoms with Crippen molar-refractivity contribution >= 4 is 22.8 Å². The molecule has 0 aliphatic heterocycles. The zero-order valence-corrected chi connectivity index (χ0v) is 17.1. The van der Waals surface area contributed by atoms with Gasteiger partial charge >= 0.3 is 0 Å². The lowest BCUT2D eigenvalue weighted by Gasteiger charge is -2.21. The number of hydrogen-bond donors (Lipinski definition) is 2. The molecule has 0 radical (unpaired) electrons. The van der Waals surface area contributed by atoms with Crippen LogP contribution in [-0.4, -0.2) is 10.5 Å². The Morgan fingerprint density at radius 3 is 2.38 bits per heavy atom. The van der Waals surface area contributed by atoms with Crippen LogP contribution in [0.15, 0.2) is 53.3 Å². The molecule has 29 heavy (non-hydrogen) atoms. The number of aryl methyl sites for hydroxylation is 1. The molecule has 3 aromatic rings. The largest absolute Gasteiger partial charge is 0.366 e. The van der Waals surface area contributed by atoms with E-state index in [4.69, 9.17) is 11.5 Å². The number of nitrogens with two attached hydrogens (primary N) is 2. The Kier molecular flexibility index (Phi) is 5.99. The molecule has 0 fully saturated rings. The minimum absolute atomic E-state index is 0.0459. The van der Waals surface area contributed by atoms with Crippen LogP contribution in [0.25, 0.3) is 28.0 Å². The zero-order chi connectivity index (χ0) is 21.1. The molecule has 0 unspecified atom stereocenters. The Hall–Kier alpha value is -3.18. The number of primary amides is 1. The van der Waals surface area contributed by atoms with Gasteiger partial charge in [0.15, 0.2) is 0 Å². The van der Waals surface area contributed by atoms with E-state index in [2.05, 4.69) is 38.1 Å². The van der Waals surface area contributed by atoms with E-state index in [9.17, 15) is 9.59 Å². The average molecular weight is 389 g/mol. The van der Waals surface area contributed by atoms with Gasteiger partial charge in [-0.25, -0.2) is 0 Å². The van der Waals surface area contributed by atoms with E-state index < -0.39 is 5.91 Å². The van der Waals surface area contributed by atoms with Gasteiger partial charge in [0, 0.05) is 35.8 Å². The molecule has 150 valence electrons. The normalized spacial score (nSPS) is 11.6. The molecule has 0 saturated carbocycles. The molecule has 1 aromatic heterocycles. The van der Waals surface area contributed by atoms with E-state index in [0.29, 0.717) is 17.8 Å². The average Bonchev–Trinajstić information content (AvgIpc) is 2.68. The Morgan fingerprint density at radius 2 is 1.79 bits per heavy atom. The number of rotatable bonds is 6. The zero-order valence-electron chi connectivity index (χ0n) is 17.1. The van der Waals surface area contributed by atoms with Crippen molar-refractivity contribution in [1.82, 2.24) is 4.57 Å². The van der Waals surface area contributed by atoms with Crippen molar-refractivity contribution in [3.05, 3.63) is 75.7 Å². The van der Waals surface area contributed by atoms with E-state index in [1.54, 1.807) is 10.6 Å². The lowest BCUT2D eigenvalue weighted by atomic mass is 9.94. The number of carbonyl (C=O) groups excluding carboxylic acids is 1. The van der Waals surface area contributed by atoms with Gasteiger partial charge in [-0.1, -0.05) is 49.7 Å². The maximum absolute atomic E-state index is 13.3. The fourth-order valence-electron chi connectivity index (χ4n) is 3.61. The van der Waals surface area contributed by atoms with E-state index in [1.807, 2.05) is 25.1 Å². The maximum atomic E-state index is 13.3. The highest BCUT2D eigenvalue weighted by atomic mass is 16.1. The van der Waals surface area contributed by atoms with E-state index in [1.165, 1.54) is 6.08 Å². The van der Waals surface area contributed by atoms with Crippen LogP contribution in [0.1, 0.15) is 30.7 Å². The minimum atomic E-state index is -0.515. The lowest BCUT2D eigenvalue weighted by molar-refractivity contribution is -0.113. The first kappa shape index (κ1) is 20.6. The lowest BCUT2D eigenvalue weighted by Crippen LogP contribution is -2.28. The van der Waals surface area contributed by atoms with Crippen LogP contribution in [-0.2, 0) is 17.9 Å². The van der Waals surface area contributed by atoms with Crippen LogP contribution in [0.2, 0.25) is 0 Å². The highest BCUT2D eigenvalue weighted by Gasteiger charge is 2.18. The van der Waals surface area contributed by atoms with Crippen molar-refractivity contribution < 1.29 is 4.79 Å². The number of aromatic nitrogens is 1. The molecule has 5 nitrogen and oxygen atoms in total. The molecule has 2 aromatic carbocycles. The molecule has 0 atom stereocenters. The third-order valence-corrected chi connectivity index (χ3v) is 4.92. The summed E-state index contributed by atoms with van der Waals surface area (Å²) in [6.07, 6.45) is 2.97. The van der Waals surface area contributed by atoms with Crippen molar-refractivity contribution in [3.8, 4) is 11.1 Å². The first-order valence-electron chi connectivity index (χ1n) is 9.76. The van der Waals surface area contributed by atoms with Gasteiger partial charge in [0.1, 0.15) is 0 Å². The van der Waals surface area contributed by atoms with Gasteiger partial charge in [-0.15, -0.1) is 0 Å². The van der Waals surface area contributed by atoms with Crippen molar-refractivity contribution in [2.24, 2.45) is 17.4 Å². The second-order valence-electron chi connectivity index (χ2n) is 7.74. The van der Waals surface area contributed by atoms with Gasteiger partial charge in [-0.3, -0.25) is 9.59 Å². The monoisotopic (exact) mass is 389 g/mol. The molecule has 0 spiro atoms. The van der Waals surface area contributed by atoms with Crippen LogP contribution < -0.4 is 17.0 Å². The summed E-state index contributed by atoms with van der Waals surface area (Å²) in [7, 11) is 0. The summed E-state index contributed by atoms with van der Waals surface area (Å²) in [6.45, 7) is 7.06. The van der Waals surface area contributed by atoms with Crippen molar-refractivity contribution in [3.63, 3.8) is 0 Å². The molecule has 3 rings (SSSR count). The molecule has 0 aliphatic rings. The summed E-state index contributed by atoms with van der Waals surface area (Å²) < 4.78 is 1.81. The molecular formula is C24H27N3O2. The maximum Gasteiger partial charge on any atom is 0.258 e. The summed E-state index contributed by atoms with van der Waals surface area (Å²) in [6, 6.07) is 13.8. The molecule has 5 heteroatoms.